The van der Waals surface area contributed by atoms with E-state index in [1.165, 1.54) is 0 Å². The average molecular weight is 448 g/mol. The van der Waals surface area contributed by atoms with Crippen LogP contribution < -0.4 is 5.73 Å². The van der Waals surface area contributed by atoms with Crippen LogP contribution in [0.25, 0.3) is 0 Å². The van der Waals surface area contributed by atoms with Gasteiger partial charge in [0.05, 0.1) is 12.7 Å². The number of allylic oxidation sites excluding steroid dienone is 10. The lowest BCUT2D eigenvalue weighted by molar-refractivity contribution is -0.138. The Labute approximate surface area is 191 Å². The van der Waals surface area contributed by atoms with E-state index in [1.54, 1.807) is 12.2 Å². The standard InChI is InChI=1S/C25H37NO6/c1-2-3-14-17-22(28)23(31-20-24(26)32-21-27)18-15-12-10-8-6-4-5-7-9-11-13-16-19-25(29)30/h3,5-8,10-15,18,21-24,28H,2,4,9,16-17,19-20,26H2,1H3,(H,29,30)/b7-5-,8-6-,12-10+,13-11-,14-3-,18-15+. The lowest BCUT2D eigenvalue weighted by Gasteiger charge is -2.21. The highest BCUT2D eigenvalue weighted by atomic mass is 16.6. The smallest absolute Gasteiger partial charge is 0.303 e. The Bertz CT molecular complexity index is 663. The number of hydrogen-bond donors (Lipinski definition) is 3. The Morgan fingerprint density at radius 3 is 2.34 bits per heavy atom. The van der Waals surface area contributed by atoms with E-state index in [0.29, 0.717) is 12.8 Å². The van der Waals surface area contributed by atoms with Crippen LogP contribution in [0.2, 0.25) is 0 Å². The van der Waals surface area contributed by atoms with E-state index in [9.17, 15) is 14.7 Å². The first-order chi connectivity index (χ1) is 15.5. The Hall–Kier alpha value is -2.74. The molecule has 7 nitrogen and oxygen atoms in total. The molecule has 4 N–H and O–H groups in total. The second-order valence-corrected chi connectivity index (χ2v) is 6.80. The molecule has 0 aliphatic heterocycles. The zero-order valence-electron chi connectivity index (χ0n) is 18.8. The second-order valence-electron chi connectivity index (χ2n) is 6.80. The first kappa shape index (κ1) is 29.3. The summed E-state index contributed by atoms with van der Waals surface area (Å²) in [7, 11) is 0. The molecule has 0 radical (unpaired) electrons. The van der Waals surface area contributed by atoms with Gasteiger partial charge in [-0.05, 0) is 32.1 Å². The minimum absolute atomic E-state index is 0.0208. The minimum Gasteiger partial charge on any atom is -0.481 e. The van der Waals surface area contributed by atoms with Crippen molar-refractivity contribution in [1.29, 1.82) is 0 Å². The number of carboxylic acid groups (broad SMARTS) is 1. The molecule has 0 aliphatic carbocycles. The number of hydrogen-bond acceptors (Lipinski definition) is 6. The maximum absolute atomic E-state index is 10.4. The van der Waals surface area contributed by atoms with Gasteiger partial charge in [0, 0.05) is 6.42 Å². The van der Waals surface area contributed by atoms with E-state index in [2.05, 4.69) is 4.74 Å². The Kier molecular flexibility index (Phi) is 19.7. The number of carbonyl (C=O) groups is 2. The minimum atomic E-state index is -0.881. The van der Waals surface area contributed by atoms with Crippen molar-refractivity contribution in [2.24, 2.45) is 5.73 Å². The zero-order chi connectivity index (χ0) is 23.9. The normalized spacial score (nSPS) is 15.6. The summed E-state index contributed by atoms with van der Waals surface area (Å²) in [6.45, 7) is 2.26. The molecule has 0 aliphatic rings. The molecule has 0 amide bonds. The molecule has 3 unspecified atom stereocenters. The Morgan fingerprint density at radius 1 is 0.969 bits per heavy atom. The maximum Gasteiger partial charge on any atom is 0.303 e. The number of aliphatic hydroxyl groups is 1. The predicted molar refractivity (Wildman–Crippen MR) is 127 cm³/mol. The van der Waals surface area contributed by atoms with Crippen LogP contribution in [-0.2, 0) is 19.1 Å². The quantitative estimate of drug-likeness (QED) is 0.119. The predicted octanol–water partition coefficient (Wildman–Crippen LogP) is 3.97. The van der Waals surface area contributed by atoms with Crippen molar-refractivity contribution in [3.63, 3.8) is 0 Å². The molecular weight excluding hydrogens is 410 g/mol. The van der Waals surface area contributed by atoms with Crippen LogP contribution in [0.15, 0.2) is 72.9 Å². The zero-order valence-corrected chi connectivity index (χ0v) is 18.8. The molecule has 0 spiro atoms. The van der Waals surface area contributed by atoms with Gasteiger partial charge in [0.1, 0.15) is 6.10 Å². The van der Waals surface area contributed by atoms with Crippen molar-refractivity contribution in [3.05, 3.63) is 72.9 Å². The van der Waals surface area contributed by atoms with Gasteiger partial charge in [-0.3, -0.25) is 15.3 Å². The first-order valence-corrected chi connectivity index (χ1v) is 10.8. The molecule has 32 heavy (non-hydrogen) atoms. The number of aliphatic carboxylic acids is 1. The summed E-state index contributed by atoms with van der Waals surface area (Å²) in [6.07, 6.45) is 24.3. The highest BCUT2D eigenvalue weighted by molar-refractivity contribution is 5.66. The lowest BCUT2D eigenvalue weighted by Crippen LogP contribution is -2.35. The largest absolute Gasteiger partial charge is 0.481 e. The summed E-state index contributed by atoms with van der Waals surface area (Å²) >= 11 is 0. The summed E-state index contributed by atoms with van der Waals surface area (Å²) in [5, 5.41) is 18.9. The third-order valence-corrected chi connectivity index (χ3v) is 4.02. The highest BCUT2D eigenvalue weighted by Crippen LogP contribution is 2.08. The van der Waals surface area contributed by atoms with Gasteiger partial charge < -0.3 is 19.7 Å². The van der Waals surface area contributed by atoms with E-state index < -0.39 is 24.4 Å². The summed E-state index contributed by atoms with van der Waals surface area (Å²) in [6, 6.07) is 0. The summed E-state index contributed by atoms with van der Waals surface area (Å²) in [4.78, 5) is 20.7. The topological polar surface area (TPSA) is 119 Å². The average Bonchev–Trinajstić information content (AvgIpc) is 2.76. The van der Waals surface area contributed by atoms with E-state index in [-0.39, 0.29) is 19.5 Å². The van der Waals surface area contributed by atoms with Gasteiger partial charge in [0.2, 0.25) is 0 Å². The number of carbonyl (C=O) groups excluding carboxylic acids is 1. The van der Waals surface area contributed by atoms with Crippen molar-refractivity contribution in [3.8, 4) is 0 Å². The van der Waals surface area contributed by atoms with E-state index in [1.807, 2.05) is 67.7 Å². The Morgan fingerprint density at radius 2 is 1.66 bits per heavy atom. The van der Waals surface area contributed by atoms with Gasteiger partial charge in [-0.15, -0.1) is 0 Å². The molecule has 0 saturated carbocycles. The maximum atomic E-state index is 10.4. The number of nitrogens with two attached hydrogens (primary N) is 1. The van der Waals surface area contributed by atoms with E-state index in [4.69, 9.17) is 15.6 Å². The molecule has 0 bridgehead atoms. The highest BCUT2D eigenvalue weighted by Gasteiger charge is 2.17. The fourth-order valence-electron chi connectivity index (χ4n) is 2.38. The van der Waals surface area contributed by atoms with Gasteiger partial charge in [-0.2, -0.15) is 0 Å². The van der Waals surface area contributed by atoms with Crippen LogP contribution in [-0.4, -0.2) is 47.7 Å². The molecule has 0 saturated heterocycles. The number of aliphatic hydroxyl groups excluding tert-OH is 1. The van der Waals surface area contributed by atoms with Gasteiger partial charge in [-0.25, -0.2) is 0 Å². The van der Waals surface area contributed by atoms with Crippen LogP contribution in [0, 0.1) is 0 Å². The molecule has 178 valence electrons. The summed E-state index contributed by atoms with van der Waals surface area (Å²) < 4.78 is 10.2. The van der Waals surface area contributed by atoms with Crippen molar-refractivity contribution >= 4 is 12.4 Å². The van der Waals surface area contributed by atoms with Crippen LogP contribution in [0.4, 0.5) is 0 Å². The molecule has 0 aromatic heterocycles. The van der Waals surface area contributed by atoms with Crippen molar-refractivity contribution < 1.29 is 29.3 Å². The van der Waals surface area contributed by atoms with Crippen LogP contribution in [0.5, 0.6) is 0 Å². The monoisotopic (exact) mass is 447 g/mol. The molecule has 0 rings (SSSR count). The fourth-order valence-corrected chi connectivity index (χ4v) is 2.38. The molecule has 0 fully saturated rings. The number of rotatable bonds is 19. The van der Waals surface area contributed by atoms with Gasteiger partial charge in [-0.1, -0.05) is 79.8 Å². The molecule has 7 heteroatoms. The third kappa shape index (κ3) is 19.2. The van der Waals surface area contributed by atoms with Crippen LogP contribution in [0.3, 0.4) is 0 Å². The van der Waals surface area contributed by atoms with E-state index in [0.717, 1.165) is 19.3 Å². The fraction of sp³-hybridized carbons (Fsp3) is 0.440. The first-order valence-electron chi connectivity index (χ1n) is 10.8. The molecule has 0 heterocycles. The van der Waals surface area contributed by atoms with Gasteiger partial charge in [0.25, 0.3) is 6.47 Å². The molecule has 3 atom stereocenters. The molecular formula is C25H37NO6. The van der Waals surface area contributed by atoms with Crippen molar-refractivity contribution in [2.45, 2.75) is 63.9 Å². The third-order valence-electron chi connectivity index (χ3n) is 4.02. The summed E-state index contributed by atoms with van der Waals surface area (Å²) in [5.74, 6) is -0.782. The summed E-state index contributed by atoms with van der Waals surface area (Å²) in [5.41, 5.74) is 5.59. The van der Waals surface area contributed by atoms with Crippen LogP contribution in [0.1, 0.15) is 45.4 Å². The van der Waals surface area contributed by atoms with Crippen LogP contribution >= 0.6 is 0 Å². The van der Waals surface area contributed by atoms with Gasteiger partial charge >= 0.3 is 5.97 Å². The van der Waals surface area contributed by atoms with E-state index >= 15 is 0 Å². The van der Waals surface area contributed by atoms with Gasteiger partial charge in [0.15, 0.2) is 6.23 Å². The molecule has 0 aromatic carbocycles. The lowest BCUT2D eigenvalue weighted by atomic mass is 10.1. The second kappa shape index (κ2) is 21.5. The SMILES string of the molecule is CC/C=C\CC(O)C(/C=C/C=C/C=C\C/C=C\C/C=C\CCC(=O)O)OCC(N)OC=O. The number of carboxylic acids is 1. The molecule has 0 aromatic rings. The number of ether oxygens (including phenoxy) is 2. The van der Waals surface area contributed by atoms with Crippen molar-refractivity contribution in [2.75, 3.05) is 6.61 Å². The van der Waals surface area contributed by atoms with Crippen molar-refractivity contribution in [1.82, 2.24) is 0 Å². The Balaban J connectivity index is 4.40.